The van der Waals surface area contributed by atoms with Crippen molar-refractivity contribution in [2.45, 2.75) is 39.3 Å². The molecule has 0 aliphatic carbocycles. The Morgan fingerprint density at radius 3 is 2.35 bits per heavy atom. The lowest BCUT2D eigenvalue weighted by molar-refractivity contribution is -0.139. The lowest BCUT2D eigenvalue weighted by Gasteiger charge is -2.22. The first-order valence-corrected chi connectivity index (χ1v) is 6.12. The second-order valence-corrected chi connectivity index (χ2v) is 5.46. The van der Waals surface area contributed by atoms with E-state index in [4.69, 9.17) is 4.74 Å². The Balaban J connectivity index is 2.92. The predicted octanol–water partition coefficient (Wildman–Crippen LogP) is 2.35. The van der Waals surface area contributed by atoms with Crippen LogP contribution in [0.5, 0.6) is 5.75 Å². The van der Waals surface area contributed by atoms with E-state index in [1.807, 2.05) is 0 Å². The quantitative estimate of drug-likeness (QED) is 0.790. The number of hydrogen-bond acceptors (Lipinski definition) is 4. The molecular formula is C14H19NO5. The van der Waals surface area contributed by atoms with Crippen molar-refractivity contribution in [3.63, 3.8) is 0 Å². The number of carboxylic acids is 1. The number of alkyl carbamates (subject to hydrolysis) is 1. The van der Waals surface area contributed by atoms with Crippen molar-refractivity contribution >= 4 is 12.1 Å². The third kappa shape index (κ3) is 4.46. The van der Waals surface area contributed by atoms with Gasteiger partial charge in [0.15, 0.2) is 6.04 Å². The number of hydrogen-bond donors (Lipinski definition) is 3. The Morgan fingerprint density at radius 1 is 1.30 bits per heavy atom. The van der Waals surface area contributed by atoms with E-state index in [0.29, 0.717) is 11.1 Å². The van der Waals surface area contributed by atoms with E-state index in [2.05, 4.69) is 5.32 Å². The van der Waals surface area contributed by atoms with Crippen LogP contribution in [0, 0.1) is 6.92 Å². The minimum Gasteiger partial charge on any atom is -0.508 e. The number of benzene rings is 1. The van der Waals surface area contributed by atoms with E-state index >= 15 is 0 Å². The molecule has 1 amide bonds. The monoisotopic (exact) mass is 281 g/mol. The number of carboxylic acid groups (broad SMARTS) is 1. The van der Waals surface area contributed by atoms with Crippen molar-refractivity contribution in [3.8, 4) is 5.75 Å². The molecule has 1 unspecified atom stereocenters. The Hall–Kier alpha value is -2.24. The average molecular weight is 281 g/mol. The molecule has 6 heteroatoms. The van der Waals surface area contributed by atoms with Gasteiger partial charge in [0, 0.05) is 0 Å². The van der Waals surface area contributed by atoms with Crippen LogP contribution in [0.3, 0.4) is 0 Å². The highest BCUT2D eigenvalue weighted by Gasteiger charge is 2.25. The van der Waals surface area contributed by atoms with Crippen LogP contribution in [-0.2, 0) is 9.53 Å². The maximum absolute atomic E-state index is 11.7. The van der Waals surface area contributed by atoms with Crippen LogP contribution >= 0.6 is 0 Å². The zero-order valence-electron chi connectivity index (χ0n) is 11.9. The summed E-state index contributed by atoms with van der Waals surface area (Å²) in [7, 11) is 0. The second kappa shape index (κ2) is 5.81. The number of aryl methyl sites for hydroxylation is 1. The van der Waals surface area contributed by atoms with Gasteiger partial charge in [-0.15, -0.1) is 0 Å². The summed E-state index contributed by atoms with van der Waals surface area (Å²) in [6.45, 7) is 6.71. The zero-order chi connectivity index (χ0) is 15.5. The van der Waals surface area contributed by atoms with Gasteiger partial charge in [-0.2, -0.15) is 0 Å². The molecule has 110 valence electrons. The molecule has 0 bridgehead atoms. The number of amides is 1. The number of phenolic OH excluding ortho intramolecular Hbond substituents is 1. The van der Waals surface area contributed by atoms with Gasteiger partial charge in [0.05, 0.1) is 0 Å². The summed E-state index contributed by atoms with van der Waals surface area (Å²) in [4.78, 5) is 22.9. The Bertz CT molecular complexity index is 519. The van der Waals surface area contributed by atoms with Gasteiger partial charge in [-0.25, -0.2) is 9.59 Å². The second-order valence-electron chi connectivity index (χ2n) is 5.46. The molecule has 3 N–H and O–H groups in total. The number of aliphatic carboxylic acids is 1. The van der Waals surface area contributed by atoms with Crippen LogP contribution in [-0.4, -0.2) is 27.9 Å². The lowest BCUT2D eigenvalue weighted by atomic mass is 10.0. The fourth-order valence-corrected chi connectivity index (χ4v) is 1.57. The summed E-state index contributed by atoms with van der Waals surface area (Å²) in [6, 6.07) is 3.10. The highest BCUT2D eigenvalue weighted by molar-refractivity contribution is 5.81. The van der Waals surface area contributed by atoms with Gasteiger partial charge in [-0.05, 0) is 51.0 Å². The van der Waals surface area contributed by atoms with Gasteiger partial charge in [0.2, 0.25) is 0 Å². The van der Waals surface area contributed by atoms with E-state index in [-0.39, 0.29) is 5.75 Å². The van der Waals surface area contributed by atoms with Crippen molar-refractivity contribution in [2.75, 3.05) is 0 Å². The summed E-state index contributed by atoms with van der Waals surface area (Å²) in [5.74, 6) is -1.14. The molecule has 0 aliphatic heterocycles. The molecule has 6 nitrogen and oxygen atoms in total. The Morgan fingerprint density at radius 2 is 1.90 bits per heavy atom. The maximum atomic E-state index is 11.7. The Kier molecular flexibility index (Phi) is 4.60. The fraction of sp³-hybridized carbons (Fsp3) is 0.429. The highest BCUT2D eigenvalue weighted by atomic mass is 16.6. The molecule has 0 radical (unpaired) electrons. The molecule has 1 aromatic carbocycles. The first kappa shape index (κ1) is 15.8. The first-order valence-electron chi connectivity index (χ1n) is 6.12. The molecule has 0 saturated carbocycles. The lowest BCUT2D eigenvalue weighted by Crippen LogP contribution is -2.38. The summed E-state index contributed by atoms with van der Waals surface area (Å²) in [5.41, 5.74) is 0.177. The van der Waals surface area contributed by atoms with Crippen LogP contribution < -0.4 is 5.32 Å². The first-order chi connectivity index (χ1) is 9.10. The number of aromatic hydroxyl groups is 1. The molecule has 0 aliphatic rings. The summed E-state index contributed by atoms with van der Waals surface area (Å²) >= 11 is 0. The molecular weight excluding hydrogens is 262 g/mol. The predicted molar refractivity (Wildman–Crippen MR) is 72.6 cm³/mol. The highest BCUT2D eigenvalue weighted by Crippen LogP contribution is 2.22. The van der Waals surface area contributed by atoms with E-state index < -0.39 is 23.7 Å². The van der Waals surface area contributed by atoms with E-state index in [1.165, 1.54) is 18.2 Å². The Labute approximate surface area is 117 Å². The standard InChI is InChI=1S/C14H19NO5/c1-8-7-9(5-6-10(8)16)11(12(17)18)15-13(19)20-14(2,3)4/h5-7,11,16H,1-4H3,(H,15,19)(H,17,18). The van der Waals surface area contributed by atoms with E-state index in [9.17, 15) is 19.8 Å². The van der Waals surface area contributed by atoms with Crippen LogP contribution in [0.15, 0.2) is 18.2 Å². The van der Waals surface area contributed by atoms with Gasteiger partial charge in [0.1, 0.15) is 11.4 Å². The number of nitrogens with one attached hydrogen (secondary N) is 1. The molecule has 1 aromatic rings. The molecule has 0 spiro atoms. The third-order valence-electron chi connectivity index (χ3n) is 2.46. The smallest absolute Gasteiger partial charge is 0.408 e. The normalized spacial score (nSPS) is 12.6. The molecule has 0 fully saturated rings. The van der Waals surface area contributed by atoms with Gasteiger partial charge in [-0.1, -0.05) is 6.07 Å². The van der Waals surface area contributed by atoms with Crippen LogP contribution in [0.1, 0.15) is 37.9 Å². The van der Waals surface area contributed by atoms with Crippen LogP contribution in [0.2, 0.25) is 0 Å². The molecule has 0 aromatic heterocycles. The van der Waals surface area contributed by atoms with Gasteiger partial charge >= 0.3 is 12.1 Å². The maximum Gasteiger partial charge on any atom is 0.408 e. The number of carbonyl (C=O) groups excluding carboxylic acids is 1. The van der Waals surface area contributed by atoms with Crippen molar-refractivity contribution < 1.29 is 24.5 Å². The van der Waals surface area contributed by atoms with Gasteiger partial charge in [0.25, 0.3) is 0 Å². The van der Waals surface area contributed by atoms with Crippen LogP contribution in [0.25, 0.3) is 0 Å². The van der Waals surface area contributed by atoms with Gasteiger partial charge in [-0.3, -0.25) is 0 Å². The molecule has 0 saturated heterocycles. The minimum atomic E-state index is -1.23. The largest absolute Gasteiger partial charge is 0.508 e. The molecule has 0 heterocycles. The van der Waals surface area contributed by atoms with Crippen molar-refractivity contribution in [1.29, 1.82) is 0 Å². The number of ether oxygens (including phenoxy) is 1. The number of rotatable bonds is 3. The number of carbonyl (C=O) groups is 2. The molecule has 20 heavy (non-hydrogen) atoms. The summed E-state index contributed by atoms with van der Waals surface area (Å²) in [6.07, 6.45) is -0.810. The van der Waals surface area contributed by atoms with E-state index in [0.717, 1.165) is 0 Å². The van der Waals surface area contributed by atoms with E-state index in [1.54, 1.807) is 27.7 Å². The summed E-state index contributed by atoms with van der Waals surface area (Å²) < 4.78 is 5.03. The number of phenols is 1. The van der Waals surface area contributed by atoms with Crippen molar-refractivity contribution in [1.82, 2.24) is 5.32 Å². The van der Waals surface area contributed by atoms with Crippen molar-refractivity contribution in [2.24, 2.45) is 0 Å². The molecule has 1 atom stereocenters. The SMILES string of the molecule is Cc1cc(C(NC(=O)OC(C)(C)C)C(=O)O)ccc1O. The van der Waals surface area contributed by atoms with Crippen molar-refractivity contribution in [3.05, 3.63) is 29.3 Å². The average Bonchev–Trinajstić information content (AvgIpc) is 2.27. The third-order valence-corrected chi connectivity index (χ3v) is 2.46. The topological polar surface area (TPSA) is 95.9 Å². The minimum absolute atomic E-state index is 0.0650. The molecule has 1 rings (SSSR count). The summed E-state index contributed by atoms with van der Waals surface area (Å²) in [5, 5.41) is 20.9. The zero-order valence-corrected chi connectivity index (χ0v) is 11.9. The van der Waals surface area contributed by atoms with Gasteiger partial charge < -0.3 is 20.3 Å². The van der Waals surface area contributed by atoms with Crippen LogP contribution in [0.4, 0.5) is 4.79 Å². The fourth-order valence-electron chi connectivity index (χ4n) is 1.57.